The van der Waals surface area contributed by atoms with Crippen LogP contribution in [0.3, 0.4) is 0 Å². The van der Waals surface area contributed by atoms with Crippen molar-refractivity contribution >= 4 is 39.9 Å². The second kappa shape index (κ2) is 4.19. The van der Waals surface area contributed by atoms with Crippen molar-refractivity contribution in [3.05, 3.63) is 46.4 Å². The number of anilines is 1. The van der Waals surface area contributed by atoms with Gasteiger partial charge in [0, 0.05) is 16.3 Å². The molecule has 0 radical (unpaired) electrons. The highest BCUT2D eigenvalue weighted by Crippen LogP contribution is 2.29. The molecule has 0 fully saturated rings. The Morgan fingerprint density at radius 2 is 1.89 bits per heavy atom. The van der Waals surface area contributed by atoms with E-state index in [0.717, 1.165) is 16.6 Å². The standard InChI is InChI=1S/C13H9Cl2N3/c14-7-1-4-11-12(5-7)18-13(17-11)9-3-2-8(16)6-10(9)15/h1-6H,16H2,(H,17,18). The van der Waals surface area contributed by atoms with E-state index >= 15 is 0 Å². The lowest BCUT2D eigenvalue weighted by Gasteiger charge is -2.01. The molecular formula is C13H9Cl2N3. The number of aromatic nitrogens is 2. The number of benzene rings is 2. The minimum Gasteiger partial charge on any atom is -0.399 e. The van der Waals surface area contributed by atoms with Crippen molar-refractivity contribution in [2.75, 3.05) is 5.73 Å². The lowest BCUT2D eigenvalue weighted by Crippen LogP contribution is -1.87. The summed E-state index contributed by atoms with van der Waals surface area (Å²) in [6.45, 7) is 0. The van der Waals surface area contributed by atoms with Crippen LogP contribution in [0.25, 0.3) is 22.4 Å². The third-order valence-corrected chi connectivity index (χ3v) is 3.24. The first kappa shape index (κ1) is 11.4. The molecule has 3 N–H and O–H groups in total. The third kappa shape index (κ3) is 1.92. The number of nitrogen functional groups attached to an aromatic ring is 1. The van der Waals surface area contributed by atoms with Crippen LogP contribution in [0.4, 0.5) is 5.69 Å². The second-order valence-corrected chi connectivity index (χ2v) is 4.83. The molecule has 5 heteroatoms. The molecule has 0 unspecified atom stereocenters. The molecule has 0 aliphatic rings. The zero-order valence-electron chi connectivity index (χ0n) is 9.24. The van der Waals surface area contributed by atoms with Crippen molar-refractivity contribution in [2.24, 2.45) is 0 Å². The number of nitrogens with one attached hydrogen (secondary N) is 1. The van der Waals surface area contributed by atoms with Crippen LogP contribution in [0.2, 0.25) is 10.0 Å². The van der Waals surface area contributed by atoms with E-state index < -0.39 is 0 Å². The van der Waals surface area contributed by atoms with Gasteiger partial charge >= 0.3 is 0 Å². The smallest absolute Gasteiger partial charge is 0.140 e. The van der Waals surface area contributed by atoms with Crippen molar-refractivity contribution < 1.29 is 0 Å². The molecule has 90 valence electrons. The van der Waals surface area contributed by atoms with E-state index in [9.17, 15) is 0 Å². The number of aromatic amines is 1. The first-order valence-electron chi connectivity index (χ1n) is 5.34. The summed E-state index contributed by atoms with van der Waals surface area (Å²) in [7, 11) is 0. The van der Waals surface area contributed by atoms with E-state index in [2.05, 4.69) is 9.97 Å². The topological polar surface area (TPSA) is 54.7 Å². The van der Waals surface area contributed by atoms with Gasteiger partial charge in [-0.25, -0.2) is 4.98 Å². The summed E-state index contributed by atoms with van der Waals surface area (Å²) in [4.78, 5) is 7.67. The number of hydrogen-bond acceptors (Lipinski definition) is 2. The van der Waals surface area contributed by atoms with Crippen molar-refractivity contribution in [3.63, 3.8) is 0 Å². The maximum absolute atomic E-state index is 6.16. The Bertz CT molecular complexity index is 734. The monoisotopic (exact) mass is 277 g/mol. The van der Waals surface area contributed by atoms with E-state index in [1.807, 2.05) is 18.2 Å². The number of nitrogens with zero attached hydrogens (tertiary/aromatic N) is 1. The largest absolute Gasteiger partial charge is 0.399 e. The van der Waals surface area contributed by atoms with Gasteiger partial charge in [0.2, 0.25) is 0 Å². The lowest BCUT2D eigenvalue weighted by atomic mass is 10.2. The predicted octanol–water partition coefficient (Wildman–Crippen LogP) is 4.12. The van der Waals surface area contributed by atoms with Crippen LogP contribution in [0.15, 0.2) is 36.4 Å². The summed E-state index contributed by atoms with van der Waals surface area (Å²) >= 11 is 12.1. The van der Waals surface area contributed by atoms with E-state index in [0.29, 0.717) is 21.6 Å². The quantitative estimate of drug-likeness (QED) is 0.658. The van der Waals surface area contributed by atoms with Crippen molar-refractivity contribution in [2.45, 2.75) is 0 Å². The first-order valence-corrected chi connectivity index (χ1v) is 6.10. The first-order chi connectivity index (χ1) is 8.63. The van der Waals surface area contributed by atoms with Crippen LogP contribution in [0.1, 0.15) is 0 Å². The number of hydrogen-bond donors (Lipinski definition) is 2. The minimum atomic E-state index is 0.570. The minimum absolute atomic E-state index is 0.570. The summed E-state index contributed by atoms with van der Waals surface area (Å²) in [5.41, 5.74) is 8.84. The molecular weight excluding hydrogens is 269 g/mol. The summed E-state index contributed by atoms with van der Waals surface area (Å²) in [5, 5.41) is 1.24. The van der Waals surface area contributed by atoms with Crippen LogP contribution >= 0.6 is 23.2 Å². The van der Waals surface area contributed by atoms with Gasteiger partial charge in [-0.3, -0.25) is 0 Å². The molecule has 0 bridgehead atoms. The van der Waals surface area contributed by atoms with Gasteiger partial charge in [0.05, 0.1) is 16.1 Å². The molecule has 0 saturated carbocycles. The average Bonchev–Trinajstić information content (AvgIpc) is 2.71. The maximum Gasteiger partial charge on any atom is 0.140 e. The van der Waals surface area contributed by atoms with Gasteiger partial charge in [0.15, 0.2) is 0 Å². The lowest BCUT2D eigenvalue weighted by molar-refractivity contribution is 1.34. The Balaban J connectivity index is 2.19. The van der Waals surface area contributed by atoms with Crippen LogP contribution in [-0.4, -0.2) is 9.97 Å². The fourth-order valence-corrected chi connectivity index (χ4v) is 2.28. The number of imidazole rings is 1. The number of H-pyrrole nitrogens is 1. The van der Waals surface area contributed by atoms with Crippen molar-refractivity contribution in [3.8, 4) is 11.4 Å². The predicted molar refractivity (Wildman–Crippen MR) is 76.0 cm³/mol. The number of nitrogens with two attached hydrogens (primary N) is 1. The SMILES string of the molecule is Nc1ccc(-c2nc3ccc(Cl)cc3[nH]2)c(Cl)c1. The van der Waals surface area contributed by atoms with Crippen LogP contribution in [-0.2, 0) is 0 Å². The Labute approximate surface area is 114 Å². The zero-order chi connectivity index (χ0) is 12.7. The Morgan fingerprint density at radius 1 is 1.06 bits per heavy atom. The summed E-state index contributed by atoms with van der Waals surface area (Å²) in [6, 6.07) is 10.8. The highest BCUT2D eigenvalue weighted by Gasteiger charge is 2.09. The number of halogens is 2. The van der Waals surface area contributed by atoms with Crippen molar-refractivity contribution in [1.82, 2.24) is 9.97 Å². The number of rotatable bonds is 1. The van der Waals surface area contributed by atoms with Crippen LogP contribution < -0.4 is 5.73 Å². The van der Waals surface area contributed by atoms with E-state index in [1.54, 1.807) is 18.2 Å². The van der Waals surface area contributed by atoms with Gasteiger partial charge in [-0.2, -0.15) is 0 Å². The average molecular weight is 278 g/mol. The van der Waals surface area contributed by atoms with Gasteiger partial charge in [-0.05, 0) is 36.4 Å². The van der Waals surface area contributed by atoms with Gasteiger partial charge < -0.3 is 10.7 Å². The molecule has 1 heterocycles. The normalized spacial score (nSPS) is 11.0. The molecule has 0 amide bonds. The van der Waals surface area contributed by atoms with Gasteiger partial charge in [0.25, 0.3) is 0 Å². The van der Waals surface area contributed by atoms with Crippen LogP contribution in [0, 0.1) is 0 Å². The summed E-state index contributed by atoms with van der Waals surface area (Å²) in [6.07, 6.45) is 0. The fourth-order valence-electron chi connectivity index (χ4n) is 1.83. The van der Waals surface area contributed by atoms with Crippen molar-refractivity contribution in [1.29, 1.82) is 0 Å². The van der Waals surface area contributed by atoms with Gasteiger partial charge in [-0.15, -0.1) is 0 Å². The molecule has 0 spiro atoms. The fraction of sp³-hybridized carbons (Fsp3) is 0. The summed E-state index contributed by atoms with van der Waals surface area (Å²) in [5.74, 6) is 0.706. The molecule has 2 aromatic carbocycles. The van der Waals surface area contributed by atoms with Gasteiger partial charge in [0.1, 0.15) is 5.82 Å². The Hall–Kier alpha value is -1.71. The molecule has 18 heavy (non-hydrogen) atoms. The molecule has 3 nitrogen and oxygen atoms in total. The third-order valence-electron chi connectivity index (χ3n) is 2.69. The highest BCUT2D eigenvalue weighted by atomic mass is 35.5. The van der Waals surface area contributed by atoms with Crippen LogP contribution in [0.5, 0.6) is 0 Å². The molecule has 1 aromatic heterocycles. The molecule has 3 rings (SSSR count). The van der Waals surface area contributed by atoms with E-state index in [4.69, 9.17) is 28.9 Å². The molecule has 0 saturated heterocycles. The molecule has 0 aliphatic heterocycles. The Kier molecular flexibility index (Phi) is 2.65. The summed E-state index contributed by atoms with van der Waals surface area (Å²) < 4.78 is 0. The Morgan fingerprint density at radius 3 is 2.67 bits per heavy atom. The second-order valence-electron chi connectivity index (χ2n) is 3.99. The van der Waals surface area contributed by atoms with E-state index in [-0.39, 0.29) is 0 Å². The molecule has 0 atom stereocenters. The molecule has 0 aliphatic carbocycles. The van der Waals surface area contributed by atoms with E-state index in [1.165, 1.54) is 0 Å². The molecule has 3 aromatic rings. The number of fused-ring (bicyclic) bond motifs is 1. The zero-order valence-corrected chi connectivity index (χ0v) is 10.8. The van der Waals surface area contributed by atoms with Gasteiger partial charge in [-0.1, -0.05) is 23.2 Å². The highest BCUT2D eigenvalue weighted by molar-refractivity contribution is 6.33. The maximum atomic E-state index is 6.16.